The summed E-state index contributed by atoms with van der Waals surface area (Å²) in [6, 6.07) is 11.5. The van der Waals surface area contributed by atoms with Gasteiger partial charge >= 0.3 is 0 Å². The minimum atomic E-state index is 0.367. The van der Waals surface area contributed by atoms with Crippen LogP contribution in [0.15, 0.2) is 41.8 Å². The molecule has 3 rings (SSSR count). The number of carbonyl (C=O) groups is 1. The van der Waals surface area contributed by atoms with Crippen molar-refractivity contribution in [2.75, 3.05) is 7.11 Å². The summed E-state index contributed by atoms with van der Waals surface area (Å²) in [6.45, 7) is 0. The number of benzene rings is 1. The van der Waals surface area contributed by atoms with Crippen molar-refractivity contribution in [1.82, 2.24) is 15.0 Å². The van der Waals surface area contributed by atoms with Gasteiger partial charge in [-0.15, -0.1) is 16.4 Å². The molecule has 6 heteroatoms. The van der Waals surface area contributed by atoms with Crippen molar-refractivity contribution in [2.45, 2.75) is 6.42 Å². The second kappa shape index (κ2) is 5.88. The molecule has 0 spiro atoms. The van der Waals surface area contributed by atoms with Crippen LogP contribution in [0.25, 0.3) is 5.69 Å². The van der Waals surface area contributed by atoms with E-state index in [-0.39, 0.29) is 0 Å². The SMILES string of the molecule is COc1cccc(-n2nnc(C=O)c2Cc2cccs2)c1. The van der Waals surface area contributed by atoms with Gasteiger partial charge in [0, 0.05) is 17.4 Å². The fraction of sp³-hybridized carbons (Fsp3) is 0.133. The maximum Gasteiger partial charge on any atom is 0.172 e. The number of hydrogen-bond donors (Lipinski definition) is 0. The summed E-state index contributed by atoms with van der Waals surface area (Å²) in [5.74, 6) is 0.734. The largest absolute Gasteiger partial charge is 0.497 e. The van der Waals surface area contributed by atoms with E-state index in [1.54, 1.807) is 23.1 Å². The first-order chi connectivity index (χ1) is 10.3. The molecule has 0 unspecified atom stereocenters. The van der Waals surface area contributed by atoms with Crippen LogP contribution in [-0.2, 0) is 6.42 Å². The number of ether oxygens (including phenoxy) is 1. The fourth-order valence-corrected chi connectivity index (χ4v) is 2.81. The third-order valence-electron chi connectivity index (χ3n) is 3.12. The Morgan fingerprint density at radius 2 is 2.24 bits per heavy atom. The number of aromatic nitrogens is 3. The van der Waals surface area contributed by atoms with Crippen molar-refractivity contribution in [3.05, 3.63) is 58.0 Å². The Bertz CT molecular complexity index is 750. The lowest BCUT2D eigenvalue weighted by Crippen LogP contribution is -2.04. The molecule has 0 aliphatic heterocycles. The van der Waals surface area contributed by atoms with Gasteiger partial charge in [-0.2, -0.15) is 0 Å². The Labute approximate surface area is 125 Å². The Morgan fingerprint density at radius 3 is 2.95 bits per heavy atom. The Kier molecular flexibility index (Phi) is 3.79. The van der Waals surface area contributed by atoms with Crippen LogP contribution in [0.5, 0.6) is 5.75 Å². The van der Waals surface area contributed by atoms with Gasteiger partial charge in [0.05, 0.1) is 18.5 Å². The Morgan fingerprint density at radius 1 is 1.33 bits per heavy atom. The van der Waals surface area contributed by atoms with Crippen LogP contribution in [0.3, 0.4) is 0 Å². The van der Waals surface area contributed by atoms with Crippen molar-refractivity contribution in [2.24, 2.45) is 0 Å². The number of rotatable bonds is 5. The molecular formula is C15H13N3O2S. The van der Waals surface area contributed by atoms with Crippen LogP contribution in [0.4, 0.5) is 0 Å². The van der Waals surface area contributed by atoms with E-state index >= 15 is 0 Å². The van der Waals surface area contributed by atoms with Crippen LogP contribution in [0.2, 0.25) is 0 Å². The van der Waals surface area contributed by atoms with Gasteiger partial charge in [-0.3, -0.25) is 4.79 Å². The lowest BCUT2D eigenvalue weighted by molar-refractivity contribution is 0.111. The molecule has 0 saturated heterocycles. The van der Waals surface area contributed by atoms with E-state index in [1.807, 2.05) is 41.8 Å². The first-order valence-corrected chi connectivity index (χ1v) is 7.26. The molecule has 106 valence electrons. The van der Waals surface area contributed by atoms with Crippen molar-refractivity contribution in [3.8, 4) is 11.4 Å². The van der Waals surface area contributed by atoms with E-state index in [2.05, 4.69) is 10.3 Å². The van der Waals surface area contributed by atoms with Crippen molar-refractivity contribution in [3.63, 3.8) is 0 Å². The Balaban J connectivity index is 2.05. The first-order valence-electron chi connectivity index (χ1n) is 6.38. The highest BCUT2D eigenvalue weighted by Crippen LogP contribution is 2.21. The van der Waals surface area contributed by atoms with E-state index in [0.29, 0.717) is 12.1 Å². The van der Waals surface area contributed by atoms with Crippen molar-refractivity contribution >= 4 is 17.6 Å². The number of thiophene rings is 1. The van der Waals surface area contributed by atoms with E-state index in [0.717, 1.165) is 28.3 Å². The number of carbonyl (C=O) groups excluding carboxylic acids is 1. The summed E-state index contributed by atoms with van der Waals surface area (Å²) in [5, 5.41) is 10.1. The molecule has 3 aromatic rings. The predicted octanol–water partition coefficient (Wildman–Crippen LogP) is 2.74. The number of aldehydes is 1. The highest BCUT2D eigenvalue weighted by molar-refractivity contribution is 7.09. The lowest BCUT2D eigenvalue weighted by Gasteiger charge is -2.07. The molecule has 2 aromatic heterocycles. The summed E-state index contributed by atoms with van der Waals surface area (Å²) < 4.78 is 6.91. The molecule has 1 aromatic carbocycles. The maximum atomic E-state index is 11.2. The normalized spacial score (nSPS) is 10.5. The standard InChI is InChI=1S/C15H13N3O2S/c1-20-12-5-2-4-11(8-12)18-15(14(10-19)16-17-18)9-13-6-3-7-21-13/h2-8,10H,9H2,1H3. The highest BCUT2D eigenvalue weighted by Gasteiger charge is 2.15. The van der Waals surface area contributed by atoms with E-state index in [9.17, 15) is 4.79 Å². The zero-order chi connectivity index (χ0) is 14.7. The first kappa shape index (κ1) is 13.5. The fourth-order valence-electron chi connectivity index (χ4n) is 2.10. The minimum absolute atomic E-state index is 0.367. The molecule has 0 aliphatic carbocycles. The quantitative estimate of drug-likeness (QED) is 0.680. The second-order valence-corrected chi connectivity index (χ2v) is 5.44. The van der Waals surface area contributed by atoms with Gasteiger partial charge in [-0.05, 0) is 23.6 Å². The number of methoxy groups -OCH3 is 1. The molecule has 0 fully saturated rings. The van der Waals surface area contributed by atoms with Crippen LogP contribution in [0.1, 0.15) is 21.1 Å². The molecule has 0 radical (unpaired) electrons. The maximum absolute atomic E-state index is 11.2. The van der Waals surface area contributed by atoms with Crippen molar-refractivity contribution in [1.29, 1.82) is 0 Å². The predicted molar refractivity (Wildman–Crippen MR) is 80.4 cm³/mol. The van der Waals surface area contributed by atoms with E-state index in [4.69, 9.17) is 4.74 Å². The monoisotopic (exact) mass is 299 g/mol. The zero-order valence-electron chi connectivity index (χ0n) is 11.4. The number of nitrogens with zero attached hydrogens (tertiary/aromatic N) is 3. The highest BCUT2D eigenvalue weighted by atomic mass is 32.1. The van der Waals surface area contributed by atoms with Crippen LogP contribution in [-0.4, -0.2) is 28.4 Å². The third kappa shape index (κ3) is 2.71. The topological polar surface area (TPSA) is 57.0 Å². The van der Waals surface area contributed by atoms with Gasteiger partial charge < -0.3 is 4.74 Å². The smallest absolute Gasteiger partial charge is 0.172 e. The molecule has 21 heavy (non-hydrogen) atoms. The molecule has 5 nitrogen and oxygen atoms in total. The van der Waals surface area contributed by atoms with E-state index in [1.165, 1.54) is 0 Å². The molecule has 0 aliphatic rings. The second-order valence-electron chi connectivity index (χ2n) is 4.41. The molecule has 0 bridgehead atoms. The van der Waals surface area contributed by atoms with Crippen molar-refractivity contribution < 1.29 is 9.53 Å². The van der Waals surface area contributed by atoms with Gasteiger partial charge in [0.15, 0.2) is 6.29 Å². The minimum Gasteiger partial charge on any atom is -0.497 e. The van der Waals surface area contributed by atoms with Crippen LogP contribution in [0, 0.1) is 0 Å². The molecule has 2 heterocycles. The summed E-state index contributed by atoms with van der Waals surface area (Å²) in [6.07, 6.45) is 1.36. The summed E-state index contributed by atoms with van der Waals surface area (Å²) in [4.78, 5) is 12.3. The van der Waals surface area contributed by atoms with Gasteiger partial charge in [0.25, 0.3) is 0 Å². The summed E-state index contributed by atoms with van der Waals surface area (Å²) in [7, 11) is 1.61. The molecular weight excluding hydrogens is 286 g/mol. The van der Waals surface area contributed by atoms with Gasteiger partial charge in [-0.1, -0.05) is 17.3 Å². The molecule has 0 amide bonds. The van der Waals surface area contributed by atoms with Crippen LogP contribution >= 0.6 is 11.3 Å². The van der Waals surface area contributed by atoms with E-state index < -0.39 is 0 Å². The average molecular weight is 299 g/mol. The molecule has 0 atom stereocenters. The Hall–Kier alpha value is -2.47. The van der Waals surface area contributed by atoms with Gasteiger partial charge in [0.1, 0.15) is 11.4 Å². The lowest BCUT2D eigenvalue weighted by atomic mass is 10.2. The third-order valence-corrected chi connectivity index (χ3v) is 4.00. The van der Waals surface area contributed by atoms with Gasteiger partial charge in [0.2, 0.25) is 0 Å². The molecule has 0 saturated carbocycles. The number of hydrogen-bond acceptors (Lipinski definition) is 5. The molecule has 0 N–H and O–H groups in total. The van der Waals surface area contributed by atoms with Gasteiger partial charge in [-0.25, -0.2) is 4.68 Å². The summed E-state index contributed by atoms with van der Waals surface area (Å²) >= 11 is 1.64. The summed E-state index contributed by atoms with van der Waals surface area (Å²) in [5.41, 5.74) is 1.97. The average Bonchev–Trinajstić information content (AvgIpc) is 3.17. The zero-order valence-corrected chi connectivity index (χ0v) is 12.2. The van der Waals surface area contributed by atoms with Crippen LogP contribution < -0.4 is 4.74 Å².